The number of hydrogen-bond donors (Lipinski definition) is 0. The molecule has 0 amide bonds. The molecule has 0 saturated heterocycles. The molecule has 18 heavy (non-hydrogen) atoms. The fraction of sp³-hybridized carbons (Fsp3) is 0.200. The molecule has 1 atom stereocenters. The zero-order valence-electron chi connectivity index (χ0n) is 9.96. The van der Waals surface area contributed by atoms with Crippen LogP contribution < -0.4 is 0 Å². The molecule has 0 saturated carbocycles. The van der Waals surface area contributed by atoms with Crippen LogP contribution in [-0.4, -0.2) is 0 Å². The Morgan fingerprint density at radius 2 is 1.72 bits per heavy atom. The van der Waals surface area contributed by atoms with Crippen LogP contribution in [0.25, 0.3) is 0 Å². The second kappa shape index (κ2) is 5.61. The smallest absolute Gasteiger partial charge is 0.163 e. The van der Waals surface area contributed by atoms with E-state index in [-0.39, 0.29) is 4.83 Å². The van der Waals surface area contributed by atoms with Crippen molar-refractivity contribution in [2.45, 2.75) is 18.2 Å². The average Bonchev–Trinajstić information content (AvgIpc) is 2.35. The lowest BCUT2D eigenvalue weighted by atomic mass is 10.0. The summed E-state index contributed by atoms with van der Waals surface area (Å²) in [5, 5.41) is 0. The van der Waals surface area contributed by atoms with Crippen molar-refractivity contribution in [3.8, 4) is 0 Å². The van der Waals surface area contributed by atoms with Crippen LogP contribution in [0.3, 0.4) is 0 Å². The minimum absolute atomic E-state index is 0.226. The fourth-order valence-electron chi connectivity index (χ4n) is 1.80. The van der Waals surface area contributed by atoms with Gasteiger partial charge < -0.3 is 0 Å². The molecular weight excluding hydrogens is 298 g/mol. The molecule has 0 aromatic heterocycles. The second-order valence-electron chi connectivity index (χ2n) is 4.30. The first kappa shape index (κ1) is 13.2. The Balaban J connectivity index is 2.19. The van der Waals surface area contributed by atoms with Gasteiger partial charge in [-0.2, -0.15) is 0 Å². The van der Waals surface area contributed by atoms with Crippen LogP contribution in [0, 0.1) is 18.6 Å². The van der Waals surface area contributed by atoms with Gasteiger partial charge in [0.15, 0.2) is 11.6 Å². The summed E-state index contributed by atoms with van der Waals surface area (Å²) in [6.07, 6.45) is 0.626. The van der Waals surface area contributed by atoms with Crippen molar-refractivity contribution in [3.63, 3.8) is 0 Å². The van der Waals surface area contributed by atoms with E-state index in [1.807, 2.05) is 31.2 Å². The third kappa shape index (κ3) is 2.96. The Morgan fingerprint density at radius 1 is 1.06 bits per heavy atom. The molecule has 3 heteroatoms. The molecule has 0 N–H and O–H groups in total. The predicted molar refractivity (Wildman–Crippen MR) is 72.9 cm³/mol. The Hall–Kier alpha value is -1.22. The van der Waals surface area contributed by atoms with E-state index in [1.165, 1.54) is 11.6 Å². The molecular formula is C15H13BrF2. The highest BCUT2D eigenvalue weighted by atomic mass is 79.9. The highest BCUT2D eigenvalue weighted by Gasteiger charge is 2.15. The van der Waals surface area contributed by atoms with Crippen molar-refractivity contribution in [2.75, 3.05) is 0 Å². The lowest BCUT2D eigenvalue weighted by Gasteiger charge is -2.12. The molecule has 0 aliphatic carbocycles. The van der Waals surface area contributed by atoms with Crippen LogP contribution in [0.15, 0.2) is 42.5 Å². The second-order valence-corrected chi connectivity index (χ2v) is 5.41. The molecule has 0 bridgehead atoms. The maximum Gasteiger partial charge on any atom is 0.163 e. The molecule has 0 nitrogen and oxygen atoms in total. The molecule has 0 fully saturated rings. The minimum atomic E-state index is -0.805. The third-order valence-corrected chi connectivity index (χ3v) is 3.67. The summed E-state index contributed by atoms with van der Waals surface area (Å²) >= 11 is 3.42. The monoisotopic (exact) mass is 310 g/mol. The van der Waals surface area contributed by atoms with E-state index in [9.17, 15) is 8.78 Å². The van der Waals surface area contributed by atoms with Crippen LogP contribution in [0.2, 0.25) is 0 Å². The average molecular weight is 311 g/mol. The van der Waals surface area contributed by atoms with Crippen molar-refractivity contribution in [3.05, 3.63) is 70.8 Å². The molecule has 0 radical (unpaired) electrons. The van der Waals surface area contributed by atoms with Gasteiger partial charge in [-0.15, -0.1) is 0 Å². The minimum Gasteiger partial charge on any atom is -0.204 e. The zero-order valence-corrected chi connectivity index (χ0v) is 11.5. The normalized spacial score (nSPS) is 12.4. The third-order valence-electron chi connectivity index (χ3n) is 2.85. The van der Waals surface area contributed by atoms with Gasteiger partial charge in [-0.25, -0.2) is 8.78 Å². The lowest BCUT2D eigenvalue weighted by molar-refractivity contribution is 0.498. The van der Waals surface area contributed by atoms with Gasteiger partial charge in [-0.3, -0.25) is 0 Å². The number of hydrogen-bond acceptors (Lipinski definition) is 0. The summed E-state index contributed by atoms with van der Waals surface area (Å²) in [6, 6.07) is 12.3. The van der Waals surface area contributed by atoms with E-state index in [0.29, 0.717) is 12.0 Å². The Morgan fingerprint density at radius 3 is 2.39 bits per heavy atom. The van der Waals surface area contributed by atoms with Gasteiger partial charge >= 0.3 is 0 Å². The number of benzene rings is 2. The first-order chi connectivity index (χ1) is 8.58. The van der Waals surface area contributed by atoms with Crippen LogP contribution in [-0.2, 0) is 6.42 Å². The number of halogens is 3. The highest BCUT2D eigenvalue weighted by molar-refractivity contribution is 9.09. The number of rotatable bonds is 3. The van der Waals surface area contributed by atoms with Crippen molar-refractivity contribution in [2.24, 2.45) is 0 Å². The summed E-state index contributed by atoms with van der Waals surface area (Å²) in [5.41, 5.74) is 2.63. The molecule has 2 rings (SSSR count). The molecule has 0 spiro atoms. The summed E-state index contributed by atoms with van der Waals surface area (Å²) in [6.45, 7) is 2.02. The van der Waals surface area contributed by atoms with Gasteiger partial charge in [0.1, 0.15) is 0 Å². The van der Waals surface area contributed by atoms with Crippen LogP contribution in [0.1, 0.15) is 21.5 Å². The quantitative estimate of drug-likeness (QED) is 0.703. The van der Waals surface area contributed by atoms with E-state index in [1.54, 1.807) is 6.07 Å². The first-order valence-corrected chi connectivity index (χ1v) is 6.63. The Kier molecular flexibility index (Phi) is 4.12. The van der Waals surface area contributed by atoms with Gasteiger partial charge in [0.2, 0.25) is 0 Å². The van der Waals surface area contributed by atoms with E-state index in [4.69, 9.17) is 0 Å². The zero-order chi connectivity index (χ0) is 13.1. The molecule has 0 aliphatic heterocycles. The molecule has 0 heterocycles. The summed E-state index contributed by atoms with van der Waals surface area (Å²) in [4.78, 5) is -0.226. The topological polar surface area (TPSA) is 0 Å². The van der Waals surface area contributed by atoms with Gasteiger partial charge in [-0.1, -0.05) is 57.9 Å². The summed E-state index contributed by atoms with van der Waals surface area (Å²) < 4.78 is 26.7. The molecule has 2 aromatic rings. The highest BCUT2D eigenvalue weighted by Crippen LogP contribution is 2.30. The molecule has 2 aromatic carbocycles. The standard InChI is InChI=1S/C15H13BrF2/c1-10-5-7-11(8-6-10)9-13(16)12-3-2-4-14(17)15(12)18/h2-8,13H,9H2,1H3. The predicted octanol–water partition coefficient (Wildman–Crippen LogP) is 4.95. The van der Waals surface area contributed by atoms with E-state index >= 15 is 0 Å². The Bertz CT molecular complexity index is 535. The maximum atomic E-state index is 13.6. The van der Waals surface area contributed by atoms with Crippen LogP contribution in [0.4, 0.5) is 8.78 Å². The molecule has 0 aliphatic rings. The summed E-state index contributed by atoms with van der Waals surface area (Å²) in [5.74, 6) is -1.58. The van der Waals surface area contributed by atoms with Crippen molar-refractivity contribution in [1.82, 2.24) is 0 Å². The number of alkyl halides is 1. The lowest BCUT2D eigenvalue weighted by Crippen LogP contribution is -2.00. The van der Waals surface area contributed by atoms with E-state index in [2.05, 4.69) is 15.9 Å². The van der Waals surface area contributed by atoms with Crippen LogP contribution in [0.5, 0.6) is 0 Å². The van der Waals surface area contributed by atoms with Gasteiger partial charge in [0.25, 0.3) is 0 Å². The number of aryl methyl sites for hydroxylation is 1. The molecule has 1 unspecified atom stereocenters. The van der Waals surface area contributed by atoms with Gasteiger partial charge in [-0.05, 0) is 25.0 Å². The fourth-order valence-corrected chi connectivity index (χ4v) is 2.53. The SMILES string of the molecule is Cc1ccc(CC(Br)c2cccc(F)c2F)cc1. The largest absolute Gasteiger partial charge is 0.204 e. The van der Waals surface area contributed by atoms with Crippen LogP contribution >= 0.6 is 15.9 Å². The maximum absolute atomic E-state index is 13.6. The van der Waals surface area contributed by atoms with Crippen molar-refractivity contribution < 1.29 is 8.78 Å². The van der Waals surface area contributed by atoms with Gasteiger partial charge in [0, 0.05) is 10.4 Å². The summed E-state index contributed by atoms with van der Waals surface area (Å²) in [7, 11) is 0. The van der Waals surface area contributed by atoms with Crippen molar-refractivity contribution >= 4 is 15.9 Å². The first-order valence-electron chi connectivity index (χ1n) is 5.71. The Labute approximate surface area is 114 Å². The van der Waals surface area contributed by atoms with E-state index < -0.39 is 11.6 Å². The van der Waals surface area contributed by atoms with Gasteiger partial charge in [0.05, 0.1) is 0 Å². The van der Waals surface area contributed by atoms with Crippen molar-refractivity contribution in [1.29, 1.82) is 0 Å². The molecule has 94 valence electrons. The van der Waals surface area contributed by atoms with E-state index in [0.717, 1.165) is 11.6 Å².